The third-order valence-corrected chi connectivity index (χ3v) is 7.11. The van der Waals surface area contributed by atoms with Gasteiger partial charge in [0.05, 0.1) is 16.9 Å². The number of ether oxygens (including phenoxy) is 1. The van der Waals surface area contributed by atoms with Gasteiger partial charge < -0.3 is 15.4 Å². The number of rotatable bonds is 4. The SMILES string of the molecule is COC1(CNC(=O)C(=O)Nc2ccccc2C(F)(F)F)C2CC3CC(C2)CC1C3. The number of halogens is 3. The summed E-state index contributed by atoms with van der Waals surface area (Å²) in [6, 6.07) is 4.59. The molecule has 0 atom stereocenters. The van der Waals surface area contributed by atoms with Crippen molar-refractivity contribution in [2.24, 2.45) is 23.7 Å². The predicted molar refractivity (Wildman–Crippen MR) is 99.9 cm³/mol. The molecule has 0 unspecified atom stereocenters. The number of anilines is 1. The summed E-state index contributed by atoms with van der Waals surface area (Å²) >= 11 is 0. The first-order valence-corrected chi connectivity index (χ1v) is 10.0. The third-order valence-electron chi connectivity index (χ3n) is 7.11. The van der Waals surface area contributed by atoms with Gasteiger partial charge in [0.2, 0.25) is 0 Å². The molecule has 8 heteroatoms. The molecule has 29 heavy (non-hydrogen) atoms. The van der Waals surface area contributed by atoms with Gasteiger partial charge in [-0.25, -0.2) is 0 Å². The van der Waals surface area contributed by atoms with E-state index in [0.29, 0.717) is 11.8 Å². The van der Waals surface area contributed by atoms with Crippen LogP contribution in [0.4, 0.5) is 18.9 Å². The highest BCUT2D eigenvalue weighted by Gasteiger charge is 2.57. The first-order chi connectivity index (χ1) is 13.7. The molecule has 2 N–H and O–H groups in total. The van der Waals surface area contributed by atoms with E-state index in [2.05, 4.69) is 10.6 Å². The fourth-order valence-corrected chi connectivity index (χ4v) is 5.99. The molecule has 2 amide bonds. The minimum atomic E-state index is -4.62. The molecule has 5 nitrogen and oxygen atoms in total. The van der Waals surface area contributed by atoms with E-state index in [1.54, 1.807) is 7.11 Å². The zero-order chi connectivity index (χ0) is 20.8. The van der Waals surface area contributed by atoms with E-state index in [0.717, 1.165) is 49.7 Å². The van der Waals surface area contributed by atoms with Crippen molar-refractivity contribution >= 4 is 17.5 Å². The normalized spacial score (nSPS) is 32.8. The minimum Gasteiger partial charge on any atom is -0.376 e. The van der Waals surface area contributed by atoms with Crippen molar-refractivity contribution in [3.63, 3.8) is 0 Å². The summed E-state index contributed by atoms with van der Waals surface area (Å²) in [4.78, 5) is 24.6. The first kappa shape index (κ1) is 20.2. The van der Waals surface area contributed by atoms with Crippen LogP contribution in [0.3, 0.4) is 0 Å². The number of methoxy groups -OCH3 is 1. The summed E-state index contributed by atoms with van der Waals surface area (Å²) in [6.45, 7) is 0.200. The number of carbonyl (C=O) groups excluding carboxylic acids is 2. The van der Waals surface area contributed by atoms with Gasteiger partial charge in [-0.2, -0.15) is 13.2 Å². The maximum Gasteiger partial charge on any atom is 0.418 e. The summed E-state index contributed by atoms with van der Waals surface area (Å²) in [5, 5.41) is 4.71. The van der Waals surface area contributed by atoms with Crippen LogP contribution in [-0.2, 0) is 20.5 Å². The molecule has 4 aliphatic rings. The predicted octanol–water partition coefficient (Wildman–Crippen LogP) is 3.60. The average molecular weight is 410 g/mol. The van der Waals surface area contributed by atoms with Gasteiger partial charge in [0.1, 0.15) is 0 Å². The van der Waals surface area contributed by atoms with Crippen LogP contribution in [0.2, 0.25) is 0 Å². The molecule has 4 saturated carbocycles. The number of alkyl halides is 3. The van der Waals surface area contributed by atoms with Crippen molar-refractivity contribution in [1.29, 1.82) is 0 Å². The van der Waals surface area contributed by atoms with Gasteiger partial charge in [0, 0.05) is 13.7 Å². The van der Waals surface area contributed by atoms with Crippen molar-refractivity contribution < 1.29 is 27.5 Å². The zero-order valence-corrected chi connectivity index (χ0v) is 16.2. The lowest BCUT2D eigenvalue weighted by Crippen LogP contribution is -2.63. The molecule has 0 aliphatic heterocycles. The Bertz CT molecular complexity index is 781. The highest BCUT2D eigenvalue weighted by atomic mass is 19.4. The second-order valence-corrected chi connectivity index (χ2v) is 8.64. The highest BCUT2D eigenvalue weighted by molar-refractivity contribution is 6.39. The van der Waals surface area contributed by atoms with Crippen LogP contribution in [0.5, 0.6) is 0 Å². The Morgan fingerprint density at radius 1 is 1.03 bits per heavy atom. The van der Waals surface area contributed by atoms with Crippen LogP contribution in [0.15, 0.2) is 24.3 Å². The summed E-state index contributed by atoms with van der Waals surface area (Å²) in [6.07, 6.45) is 0.939. The number of hydrogen-bond acceptors (Lipinski definition) is 3. The molecule has 4 aliphatic carbocycles. The lowest BCUT2D eigenvalue weighted by atomic mass is 9.49. The number of carbonyl (C=O) groups is 2. The van der Waals surface area contributed by atoms with Crippen molar-refractivity contribution in [3.05, 3.63) is 29.8 Å². The van der Waals surface area contributed by atoms with Gasteiger partial charge in [0.15, 0.2) is 0 Å². The number of hydrogen-bond donors (Lipinski definition) is 2. The Morgan fingerprint density at radius 3 is 2.17 bits per heavy atom. The van der Waals surface area contributed by atoms with Gasteiger partial charge in [-0.3, -0.25) is 9.59 Å². The van der Waals surface area contributed by atoms with E-state index in [9.17, 15) is 22.8 Å². The van der Waals surface area contributed by atoms with Gasteiger partial charge >= 0.3 is 18.0 Å². The summed E-state index contributed by atoms with van der Waals surface area (Å²) in [5.74, 6) is 0.0670. The number of nitrogens with one attached hydrogen (secondary N) is 2. The lowest BCUT2D eigenvalue weighted by molar-refractivity contribution is -0.188. The maximum absolute atomic E-state index is 13.1. The molecule has 0 aromatic heterocycles. The minimum absolute atomic E-state index is 0.200. The Kier molecular flexibility index (Phi) is 5.09. The molecule has 4 bridgehead atoms. The van der Waals surface area contributed by atoms with E-state index in [1.807, 2.05) is 0 Å². The zero-order valence-electron chi connectivity index (χ0n) is 16.2. The smallest absolute Gasteiger partial charge is 0.376 e. The summed E-state index contributed by atoms with van der Waals surface area (Å²) in [5.41, 5.74) is -1.92. The monoisotopic (exact) mass is 410 g/mol. The van der Waals surface area contributed by atoms with Crippen LogP contribution in [0, 0.1) is 23.7 Å². The van der Waals surface area contributed by atoms with Crippen molar-refractivity contribution in [2.45, 2.75) is 43.9 Å². The van der Waals surface area contributed by atoms with E-state index >= 15 is 0 Å². The molecule has 1 aromatic rings. The highest BCUT2D eigenvalue weighted by Crippen LogP contribution is 2.59. The molecule has 0 heterocycles. The molecule has 0 radical (unpaired) electrons. The summed E-state index contributed by atoms with van der Waals surface area (Å²) in [7, 11) is 1.65. The van der Waals surface area contributed by atoms with E-state index < -0.39 is 34.8 Å². The van der Waals surface area contributed by atoms with E-state index in [-0.39, 0.29) is 6.54 Å². The fourth-order valence-electron chi connectivity index (χ4n) is 5.99. The third kappa shape index (κ3) is 3.63. The molecule has 0 spiro atoms. The van der Waals surface area contributed by atoms with Gasteiger partial charge in [0.25, 0.3) is 0 Å². The number of para-hydroxylation sites is 1. The van der Waals surface area contributed by atoms with Crippen LogP contribution in [0.25, 0.3) is 0 Å². The quantitative estimate of drug-likeness (QED) is 0.746. The molecule has 0 saturated heterocycles. The van der Waals surface area contributed by atoms with Crippen molar-refractivity contribution in [2.75, 3.05) is 19.0 Å². The number of benzene rings is 1. The lowest BCUT2D eigenvalue weighted by Gasteiger charge is -2.60. The first-order valence-electron chi connectivity index (χ1n) is 10.0. The Hall–Kier alpha value is -2.09. The Morgan fingerprint density at radius 2 is 1.62 bits per heavy atom. The van der Waals surface area contributed by atoms with Crippen molar-refractivity contribution in [3.8, 4) is 0 Å². The van der Waals surface area contributed by atoms with E-state index in [4.69, 9.17) is 4.74 Å². The Labute approximate surface area is 167 Å². The second-order valence-electron chi connectivity index (χ2n) is 8.64. The van der Waals surface area contributed by atoms with Crippen LogP contribution < -0.4 is 10.6 Å². The molecule has 5 rings (SSSR count). The van der Waals surface area contributed by atoms with Gasteiger partial charge in [-0.1, -0.05) is 12.1 Å². The van der Waals surface area contributed by atoms with Crippen molar-refractivity contribution in [1.82, 2.24) is 5.32 Å². The standard InChI is InChI=1S/C21H25F3N2O3/c1-29-20(14-7-12-6-13(9-14)10-15(20)8-12)11-25-18(27)19(28)26-17-5-3-2-4-16(17)21(22,23)24/h2-5,12-15H,6-11H2,1H3,(H,25,27)(H,26,28). The fraction of sp³-hybridized carbons (Fsp3) is 0.619. The van der Waals surface area contributed by atoms with E-state index in [1.165, 1.54) is 18.6 Å². The molecule has 1 aromatic carbocycles. The maximum atomic E-state index is 13.1. The molecular weight excluding hydrogens is 385 g/mol. The molecule has 4 fully saturated rings. The van der Waals surface area contributed by atoms with Gasteiger partial charge in [-0.05, 0) is 67.9 Å². The largest absolute Gasteiger partial charge is 0.418 e. The van der Waals surface area contributed by atoms with Crippen LogP contribution >= 0.6 is 0 Å². The topological polar surface area (TPSA) is 67.4 Å². The van der Waals surface area contributed by atoms with Crippen LogP contribution in [0.1, 0.15) is 37.7 Å². The second kappa shape index (κ2) is 7.31. The number of amides is 2. The summed E-state index contributed by atoms with van der Waals surface area (Å²) < 4.78 is 45.2. The molecular formula is C21H25F3N2O3. The molecule has 158 valence electrons. The van der Waals surface area contributed by atoms with Gasteiger partial charge in [-0.15, -0.1) is 0 Å². The average Bonchev–Trinajstić information content (AvgIpc) is 2.67. The Balaban J connectivity index is 1.42. The van der Waals surface area contributed by atoms with Crippen LogP contribution in [-0.4, -0.2) is 31.1 Å².